The first-order chi connectivity index (χ1) is 13.4. The fourth-order valence-corrected chi connectivity index (χ4v) is 3.46. The van der Waals surface area contributed by atoms with Gasteiger partial charge in [-0.25, -0.2) is 0 Å². The summed E-state index contributed by atoms with van der Waals surface area (Å²) in [5, 5.41) is 12.3. The highest BCUT2D eigenvalue weighted by Crippen LogP contribution is 2.27. The largest absolute Gasteiger partial charge is 0.321 e. The van der Waals surface area contributed by atoms with Crippen molar-refractivity contribution in [1.29, 1.82) is 5.26 Å². The third kappa shape index (κ3) is 3.74. The first-order valence-electron chi connectivity index (χ1n) is 9.16. The van der Waals surface area contributed by atoms with Crippen molar-refractivity contribution in [2.45, 2.75) is 27.7 Å². The number of nitriles is 1. The zero-order valence-corrected chi connectivity index (χ0v) is 16.6. The topological polar surface area (TPSA) is 57.8 Å². The average molecular weight is 369 g/mol. The van der Waals surface area contributed by atoms with Crippen LogP contribution in [0.3, 0.4) is 0 Å². The summed E-state index contributed by atoms with van der Waals surface area (Å²) in [5.74, 6) is -0.412. The van der Waals surface area contributed by atoms with Gasteiger partial charge in [0.05, 0.1) is 5.69 Å². The number of aromatic nitrogens is 1. The van der Waals surface area contributed by atoms with E-state index in [0.29, 0.717) is 5.69 Å². The number of carbonyl (C=O) groups is 1. The van der Waals surface area contributed by atoms with Gasteiger partial charge < -0.3 is 9.88 Å². The van der Waals surface area contributed by atoms with Crippen molar-refractivity contribution in [2.24, 2.45) is 0 Å². The van der Waals surface area contributed by atoms with E-state index < -0.39 is 5.91 Å². The molecule has 0 saturated carbocycles. The third-order valence-corrected chi connectivity index (χ3v) is 4.83. The van der Waals surface area contributed by atoms with Crippen molar-refractivity contribution in [3.8, 4) is 11.8 Å². The first kappa shape index (κ1) is 19.2. The number of carbonyl (C=O) groups excluding carboxylic acids is 1. The van der Waals surface area contributed by atoms with Crippen molar-refractivity contribution in [3.63, 3.8) is 0 Å². The van der Waals surface area contributed by atoms with E-state index in [1.54, 1.807) is 18.2 Å². The van der Waals surface area contributed by atoms with E-state index in [1.807, 2.05) is 50.2 Å². The Morgan fingerprint density at radius 3 is 2.25 bits per heavy atom. The van der Waals surface area contributed by atoms with Crippen LogP contribution in [0, 0.1) is 39.0 Å². The van der Waals surface area contributed by atoms with Crippen LogP contribution in [0.1, 0.15) is 28.1 Å². The SMILES string of the molecule is Cc1cccc(C)c1-n1c(C)cc(/C=C(/C#N)C(=O)Nc2ccccc2)c1C. The number of aryl methyl sites for hydroxylation is 3. The Kier molecular flexibility index (Phi) is 5.47. The quantitative estimate of drug-likeness (QED) is 0.504. The van der Waals surface area contributed by atoms with Gasteiger partial charge in [-0.2, -0.15) is 5.26 Å². The molecule has 0 radical (unpaired) electrons. The Labute approximate surface area is 165 Å². The van der Waals surface area contributed by atoms with Crippen LogP contribution in [0.5, 0.6) is 0 Å². The summed E-state index contributed by atoms with van der Waals surface area (Å²) in [5.41, 5.74) is 7.15. The summed E-state index contributed by atoms with van der Waals surface area (Å²) in [4.78, 5) is 12.5. The fraction of sp³-hybridized carbons (Fsp3) is 0.167. The Morgan fingerprint density at radius 1 is 1.00 bits per heavy atom. The maximum absolute atomic E-state index is 12.5. The van der Waals surface area contributed by atoms with Crippen LogP contribution in [0.25, 0.3) is 11.8 Å². The van der Waals surface area contributed by atoms with Crippen LogP contribution in [0.2, 0.25) is 0 Å². The molecule has 0 spiro atoms. The summed E-state index contributed by atoms with van der Waals surface area (Å²) in [7, 11) is 0. The lowest BCUT2D eigenvalue weighted by molar-refractivity contribution is -0.112. The number of nitrogens with one attached hydrogen (secondary N) is 1. The highest BCUT2D eigenvalue weighted by Gasteiger charge is 2.15. The number of rotatable bonds is 4. The Bertz CT molecular complexity index is 1080. The Morgan fingerprint density at radius 2 is 1.64 bits per heavy atom. The van der Waals surface area contributed by atoms with Crippen LogP contribution in [0.15, 0.2) is 60.2 Å². The highest BCUT2D eigenvalue weighted by molar-refractivity contribution is 6.09. The van der Waals surface area contributed by atoms with Crippen LogP contribution in [-0.4, -0.2) is 10.5 Å². The van der Waals surface area contributed by atoms with Crippen molar-refractivity contribution >= 4 is 17.7 Å². The predicted octanol–water partition coefficient (Wildman–Crippen LogP) is 5.26. The molecule has 4 nitrogen and oxygen atoms in total. The summed E-state index contributed by atoms with van der Waals surface area (Å²) in [6.07, 6.45) is 1.66. The second kappa shape index (κ2) is 7.98. The summed E-state index contributed by atoms with van der Waals surface area (Å²) in [6.45, 7) is 8.22. The molecular formula is C24H23N3O. The minimum Gasteiger partial charge on any atom is -0.321 e. The zero-order chi connectivity index (χ0) is 20.3. The third-order valence-electron chi connectivity index (χ3n) is 4.83. The number of hydrogen-bond donors (Lipinski definition) is 1. The molecule has 0 aliphatic carbocycles. The van der Waals surface area contributed by atoms with Gasteiger partial charge in [-0.3, -0.25) is 4.79 Å². The predicted molar refractivity (Wildman–Crippen MR) is 113 cm³/mol. The van der Waals surface area contributed by atoms with Crippen LogP contribution < -0.4 is 5.32 Å². The van der Waals surface area contributed by atoms with Gasteiger partial charge in [0.25, 0.3) is 5.91 Å². The Hall–Kier alpha value is -3.58. The van der Waals surface area contributed by atoms with E-state index in [9.17, 15) is 10.1 Å². The smallest absolute Gasteiger partial charge is 0.266 e. The van der Waals surface area contributed by atoms with Crippen molar-refractivity contribution in [1.82, 2.24) is 4.57 Å². The molecule has 1 N–H and O–H groups in total. The summed E-state index contributed by atoms with van der Waals surface area (Å²) in [6, 6.07) is 19.4. The van der Waals surface area contributed by atoms with E-state index in [-0.39, 0.29) is 5.57 Å². The number of para-hydroxylation sites is 2. The van der Waals surface area contributed by atoms with E-state index >= 15 is 0 Å². The molecular weight excluding hydrogens is 346 g/mol. The first-order valence-corrected chi connectivity index (χ1v) is 9.16. The molecule has 3 rings (SSSR count). The number of nitrogens with zero attached hydrogens (tertiary/aromatic N) is 2. The van der Waals surface area contributed by atoms with Gasteiger partial charge in [0.15, 0.2) is 0 Å². The van der Waals surface area contributed by atoms with E-state index in [0.717, 1.165) is 22.6 Å². The number of hydrogen-bond acceptors (Lipinski definition) is 2. The second-order valence-corrected chi connectivity index (χ2v) is 6.89. The molecule has 4 heteroatoms. The molecule has 0 fully saturated rings. The molecule has 2 aromatic carbocycles. The second-order valence-electron chi connectivity index (χ2n) is 6.89. The van der Waals surface area contributed by atoms with Crippen molar-refractivity contribution < 1.29 is 4.79 Å². The lowest BCUT2D eigenvalue weighted by atomic mass is 10.1. The molecule has 0 aliphatic rings. The summed E-state index contributed by atoms with van der Waals surface area (Å²) < 4.78 is 2.18. The van der Waals surface area contributed by atoms with E-state index in [4.69, 9.17) is 0 Å². The van der Waals surface area contributed by atoms with Crippen molar-refractivity contribution in [3.05, 3.63) is 88.2 Å². The zero-order valence-electron chi connectivity index (χ0n) is 16.6. The molecule has 1 amide bonds. The standard InChI is InChI=1S/C24H23N3O/c1-16-9-8-10-17(2)23(16)27-18(3)13-20(19(27)4)14-21(15-25)24(28)26-22-11-6-5-7-12-22/h5-14H,1-4H3,(H,26,28)/b21-14-. The molecule has 1 aromatic heterocycles. The normalized spacial score (nSPS) is 11.2. The fourth-order valence-electron chi connectivity index (χ4n) is 3.46. The van der Waals surface area contributed by atoms with Gasteiger partial charge in [0, 0.05) is 17.1 Å². The highest BCUT2D eigenvalue weighted by atomic mass is 16.1. The minimum atomic E-state index is -0.412. The van der Waals surface area contributed by atoms with Crippen LogP contribution in [0.4, 0.5) is 5.69 Å². The molecule has 28 heavy (non-hydrogen) atoms. The molecule has 140 valence electrons. The number of benzene rings is 2. The van der Waals surface area contributed by atoms with E-state index in [2.05, 4.69) is 35.9 Å². The maximum atomic E-state index is 12.5. The minimum absolute atomic E-state index is 0.0746. The van der Waals surface area contributed by atoms with Gasteiger partial charge in [0.1, 0.15) is 11.6 Å². The molecule has 1 heterocycles. The van der Waals surface area contributed by atoms with Crippen LogP contribution in [-0.2, 0) is 4.79 Å². The average Bonchev–Trinajstić information content (AvgIpc) is 2.94. The molecule has 0 unspecified atom stereocenters. The molecule has 0 aliphatic heterocycles. The van der Waals surface area contributed by atoms with Gasteiger partial charge in [-0.15, -0.1) is 0 Å². The van der Waals surface area contributed by atoms with Gasteiger partial charge in [-0.1, -0.05) is 36.4 Å². The van der Waals surface area contributed by atoms with Crippen molar-refractivity contribution in [2.75, 3.05) is 5.32 Å². The lowest BCUT2D eigenvalue weighted by Gasteiger charge is -2.15. The lowest BCUT2D eigenvalue weighted by Crippen LogP contribution is -2.13. The molecule has 3 aromatic rings. The van der Waals surface area contributed by atoms with Crippen LogP contribution >= 0.6 is 0 Å². The Balaban J connectivity index is 2.00. The van der Waals surface area contributed by atoms with Gasteiger partial charge in [-0.05, 0) is 68.7 Å². The number of anilines is 1. The van der Waals surface area contributed by atoms with Gasteiger partial charge in [0.2, 0.25) is 0 Å². The maximum Gasteiger partial charge on any atom is 0.266 e. The molecule has 0 saturated heterocycles. The number of amides is 1. The molecule has 0 atom stereocenters. The molecule has 0 bridgehead atoms. The summed E-state index contributed by atoms with van der Waals surface area (Å²) >= 11 is 0. The van der Waals surface area contributed by atoms with E-state index in [1.165, 1.54) is 11.1 Å². The van der Waals surface area contributed by atoms with Gasteiger partial charge >= 0.3 is 0 Å². The monoisotopic (exact) mass is 369 g/mol.